The number of rotatable bonds is 4. The molecule has 134 valence electrons. The minimum atomic E-state index is -0.127. The first-order valence-electron chi connectivity index (χ1n) is 9.35. The molecule has 0 radical (unpaired) electrons. The molecule has 4 nitrogen and oxygen atoms in total. The zero-order valence-corrected chi connectivity index (χ0v) is 15.1. The minimum absolute atomic E-state index is 0.0327. The number of benzene rings is 2. The van der Waals surface area contributed by atoms with Gasteiger partial charge < -0.3 is 10.2 Å². The first-order chi connectivity index (χ1) is 12.6. The van der Waals surface area contributed by atoms with Crippen LogP contribution in [0.5, 0.6) is 0 Å². The Morgan fingerprint density at radius 3 is 2.69 bits per heavy atom. The van der Waals surface area contributed by atoms with Gasteiger partial charge in [0.15, 0.2) is 0 Å². The van der Waals surface area contributed by atoms with Crippen LogP contribution in [0.2, 0.25) is 0 Å². The van der Waals surface area contributed by atoms with Crippen LogP contribution in [-0.2, 0) is 22.4 Å². The summed E-state index contributed by atoms with van der Waals surface area (Å²) in [7, 11) is 1.89. The molecule has 4 rings (SSSR count). The molecule has 0 saturated heterocycles. The maximum absolute atomic E-state index is 12.7. The standard InChI is InChI=1S/C22H24N2O2/c1-24(20-12-10-15-6-2-4-8-18(15)20)21(25)13-11-17-14-16-7-3-5-9-19(16)23-22(17)26/h2-9,17,20H,10-14H2,1H3,(H,23,26). The first-order valence-corrected chi connectivity index (χ1v) is 9.35. The lowest BCUT2D eigenvalue weighted by molar-refractivity contribution is -0.132. The number of hydrogen-bond acceptors (Lipinski definition) is 2. The number of aryl methyl sites for hydroxylation is 1. The van der Waals surface area contributed by atoms with Crippen molar-refractivity contribution < 1.29 is 9.59 Å². The second-order valence-electron chi connectivity index (χ2n) is 7.34. The molecule has 0 spiro atoms. The van der Waals surface area contributed by atoms with Gasteiger partial charge in [0.25, 0.3) is 0 Å². The highest BCUT2D eigenvalue weighted by molar-refractivity contribution is 5.96. The van der Waals surface area contributed by atoms with Crippen molar-refractivity contribution in [2.45, 2.75) is 38.1 Å². The van der Waals surface area contributed by atoms with Crippen LogP contribution < -0.4 is 5.32 Å². The van der Waals surface area contributed by atoms with Crippen LogP contribution in [0.15, 0.2) is 48.5 Å². The Balaban J connectivity index is 1.38. The molecule has 26 heavy (non-hydrogen) atoms. The molecule has 2 aromatic carbocycles. The smallest absolute Gasteiger partial charge is 0.227 e. The van der Waals surface area contributed by atoms with E-state index in [-0.39, 0.29) is 23.8 Å². The van der Waals surface area contributed by atoms with Gasteiger partial charge in [0, 0.05) is 25.1 Å². The van der Waals surface area contributed by atoms with Crippen LogP contribution in [0.4, 0.5) is 5.69 Å². The molecule has 1 N–H and O–H groups in total. The predicted octanol–water partition coefficient (Wildman–Crippen LogP) is 3.72. The molecule has 1 aliphatic heterocycles. The molecular formula is C22H24N2O2. The zero-order valence-electron chi connectivity index (χ0n) is 15.1. The summed E-state index contributed by atoms with van der Waals surface area (Å²) in [6.07, 6.45) is 3.73. The molecule has 2 aromatic rings. The van der Waals surface area contributed by atoms with E-state index in [0.29, 0.717) is 19.3 Å². The van der Waals surface area contributed by atoms with E-state index in [1.807, 2.05) is 42.3 Å². The van der Waals surface area contributed by atoms with Gasteiger partial charge in [-0.15, -0.1) is 0 Å². The van der Waals surface area contributed by atoms with Crippen molar-refractivity contribution in [3.05, 3.63) is 65.2 Å². The molecule has 0 bridgehead atoms. The lowest BCUT2D eigenvalue weighted by Crippen LogP contribution is -2.33. The summed E-state index contributed by atoms with van der Waals surface area (Å²) in [5, 5.41) is 2.97. The van der Waals surface area contributed by atoms with E-state index in [0.717, 1.165) is 24.1 Å². The lowest BCUT2D eigenvalue weighted by Gasteiger charge is -2.28. The molecule has 2 aliphatic rings. The number of fused-ring (bicyclic) bond motifs is 2. The Morgan fingerprint density at radius 2 is 1.85 bits per heavy atom. The molecule has 1 heterocycles. The number of hydrogen-bond donors (Lipinski definition) is 1. The van der Waals surface area contributed by atoms with Gasteiger partial charge >= 0.3 is 0 Å². The Labute approximate surface area is 154 Å². The number of carbonyl (C=O) groups excluding carboxylic acids is 2. The topological polar surface area (TPSA) is 49.4 Å². The van der Waals surface area contributed by atoms with Crippen molar-refractivity contribution in [2.24, 2.45) is 5.92 Å². The lowest BCUT2D eigenvalue weighted by atomic mass is 9.89. The van der Waals surface area contributed by atoms with Gasteiger partial charge in [-0.1, -0.05) is 42.5 Å². The Kier molecular flexibility index (Phi) is 4.49. The molecule has 2 unspecified atom stereocenters. The fourth-order valence-electron chi connectivity index (χ4n) is 4.23. The van der Waals surface area contributed by atoms with E-state index in [2.05, 4.69) is 23.5 Å². The predicted molar refractivity (Wildman–Crippen MR) is 102 cm³/mol. The average Bonchev–Trinajstić information content (AvgIpc) is 3.09. The third-order valence-electron chi connectivity index (χ3n) is 5.78. The average molecular weight is 348 g/mol. The summed E-state index contributed by atoms with van der Waals surface area (Å²) in [6.45, 7) is 0. The van der Waals surface area contributed by atoms with Crippen LogP contribution in [0, 0.1) is 5.92 Å². The summed E-state index contributed by atoms with van der Waals surface area (Å²) in [5.41, 5.74) is 4.68. The van der Waals surface area contributed by atoms with E-state index < -0.39 is 0 Å². The van der Waals surface area contributed by atoms with Crippen molar-refractivity contribution in [1.29, 1.82) is 0 Å². The highest BCUT2D eigenvalue weighted by atomic mass is 16.2. The van der Waals surface area contributed by atoms with Gasteiger partial charge in [-0.2, -0.15) is 0 Å². The maximum Gasteiger partial charge on any atom is 0.227 e. The van der Waals surface area contributed by atoms with Crippen molar-refractivity contribution in [1.82, 2.24) is 4.90 Å². The highest BCUT2D eigenvalue weighted by Crippen LogP contribution is 2.35. The van der Waals surface area contributed by atoms with Gasteiger partial charge in [0.1, 0.15) is 0 Å². The van der Waals surface area contributed by atoms with Crippen LogP contribution >= 0.6 is 0 Å². The van der Waals surface area contributed by atoms with E-state index in [9.17, 15) is 9.59 Å². The number of para-hydroxylation sites is 1. The van der Waals surface area contributed by atoms with Crippen LogP contribution in [0.1, 0.15) is 42.0 Å². The number of nitrogens with zero attached hydrogens (tertiary/aromatic N) is 1. The van der Waals surface area contributed by atoms with E-state index >= 15 is 0 Å². The summed E-state index contributed by atoms with van der Waals surface area (Å²) < 4.78 is 0. The number of nitrogens with one attached hydrogen (secondary N) is 1. The zero-order chi connectivity index (χ0) is 18.1. The quantitative estimate of drug-likeness (QED) is 0.915. The molecule has 0 aromatic heterocycles. The second-order valence-corrected chi connectivity index (χ2v) is 7.34. The molecule has 2 amide bonds. The highest BCUT2D eigenvalue weighted by Gasteiger charge is 2.30. The normalized spacial score (nSPS) is 20.9. The summed E-state index contributed by atoms with van der Waals surface area (Å²) >= 11 is 0. The van der Waals surface area contributed by atoms with E-state index in [1.54, 1.807) is 0 Å². The van der Waals surface area contributed by atoms with E-state index in [1.165, 1.54) is 11.1 Å². The van der Waals surface area contributed by atoms with Crippen LogP contribution in [-0.4, -0.2) is 23.8 Å². The van der Waals surface area contributed by atoms with Crippen molar-refractivity contribution in [3.8, 4) is 0 Å². The van der Waals surface area contributed by atoms with Crippen molar-refractivity contribution in [3.63, 3.8) is 0 Å². The van der Waals surface area contributed by atoms with Gasteiger partial charge in [-0.3, -0.25) is 9.59 Å². The van der Waals surface area contributed by atoms with E-state index in [4.69, 9.17) is 0 Å². The largest absolute Gasteiger partial charge is 0.339 e. The molecule has 0 saturated carbocycles. The SMILES string of the molecule is CN(C(=O)CCC1Cc2ccccc2NC1=O)C1CCc2ccccc21. The third-order valence-corrected chi connectivity index (χ3v) is 5.78. The van der Waals surface area contributed by atoms with Crippen LogP contribution in [0.3, 0.4) is 0 Å². The van der Waals surface area contributed by atoms with Gasteiger partial charge in [-0.25, -0.2) is 0 Å². The monoisotopic (exact) mass is 348 g/mol. The summed E-state index contributed by atoms with van der Waals surface area (Å²) in [4.78, 5) is 26.9. The van der Waals surface area contributed by atoms with Gasteiger partial charge in [0.05, 0.1) is 6.04 Å². The number of anilines is 1. The summed E-state index contributed by atoms with van der Waals surface area (Å²) in [6, 6.07) is 16.4. The fourth-order valence-corrected chi connectivity index (χ4v) is 4.23. The number of carbonyl (C=O) groups is 2. The first kappa shape index (κ1) is 16.8. The Morgan fingerprint density at radius 1 is 1.12 bits per heavy atom. The Hall–Kier alpha value is -2.62. The number of amides is 2. The second kappa shape index (κ2) is 6.94. The molecular weight excluding hydrogens is 324 g/mol. The molecule has 0 fully saturated rings. The van der Waals surface area contributed by atoms with Crippen LogP contribution in [0.25, 0.3) is 0 Å². The minimum Gasteiger partial charge on any atom is -0.339 e. The molecule has 2 atom stereocenters. The maximum atomic E-state index is 12.7. The molecule has 1 aliphatic carbocycles. The summed E-state index contributed by atoms with van der Waals surface area (Å²) in [5.74, 6) is 0.0295. The van der Waals surface area contributed by atoms with Gasteiger partial charge in [-0.05, 0) is 48.4 Å². The van der Waals surface area contributed by atoms with Crippen molar-refractivity contribution in [2.75, 3.05) is 12.4 Å². The Bertz CT molecular complexity index is 846. The third kappa shape index (κ3) is 3.12. The van der Waals surface area contributed by atoms with Crippen molar-refractivity contribution >= 4 is 17.5 Å². The van der Waals surface area contributed by atoms with Gasteiger partial charge in [0.2, 0.25) is 11.8 Å². The fraction of sp³-hybridized carbons (Fsp3) is 0.364. The molecule has 4 heteroatoms.